The molecule has 0 aliphatic heterocycles. The van der Waals surface area contributed by atoms with Gasteiger partial charge < -0.3 is 0 Å². The van der Waals surface area contributed by atoms with E-state index in [9.17, 15) is 0 Å². The number of halogens is 2. The minimum absolute atomic E-state index is 0.175. The van der Waals surface area contributed by atoms with Crippen LogP contribution in [0.15, 0.2) is 71.8 Å². The van der Waals surface area contributed by atoms with Crippen LogP contribution >= 0.6 is 17.0 Å². The average molecular weight is 821 g/mol. The average Bonchev–Trinajstić information content (AvgIpc) is 3.89. The summed E-state index contributed by atoms with van der Waals surface area (Å²) in [7, 11) is 10.8. The van der Waals surface area contributed by atoms with E-state index < -0.39 is 20.8 Å². The topological polar surface area (TPSA) is 0 Å². The maximum absolute atomic E-state index is 4.93. The zero-order valence-electron chi connectivity index (χ0n) is 32.5. The summed E-state index contributed by atoms with van der Waals surface area (Å²) >= 11 is -0.826. The molecule has 4 aromatic rings. The molecule has 0 bridgehead atoms. The first-order valence-corrected chi connectivity index (χ1v) is 27.2. The zero-order valence-corrected chi connectivity index (χ0v) is 37.5. The predicted octanol–water partition coefficient (Wildman–Crippen LogP) is 14.2. The van der Waals surface area contributed by atoms with Crippen LogP contribution in [-0.2, 0) is 57.4 Å². The summed E-state index contributed by atoms with van der Waals surface area (Å²) in [6.45, 7) is 18.7. The molecule has 52 heavy (non-hydrogen) atoms. The van der Waals surface area contributed by atoms with Crippen molar-refractivity contribution in [2.45, 2.75) is 129 Å². The fourth-order valence-electron chi connectivity index (χ4n) is 9.45. The van der Waals surface area contributed by atoms with Crippen molar-refractivity contribution in [1.29, 1.82) is 0 Å². The van der Waals surface area contributed by atoms with Gasteiger partial charge >= 0.3 is 37.9 Å². The van der Waals surface area contributed by atoms with Gasteiger partial charge in [0.1, 0.15) is 0 Å². The predicted molar refractivity (Wildman–Crippen MR) is 225 cm³/mol. The van der Waals surface area contributed by atoms with Gasteiger partial charge in [0, 0.05) is 21.4 Å². The molecule has 2 radical (unpaired) electrons. The number of hydrogen-bond donors (Lipinski definition) is 0. The van der Waals surface area contributed by atoms with Crippen molar-refractivity contribution < 1.29 is 20.8 Å². The monoisotopic (exact) mass is 818 g/mol. The van der Waals surface area contributed by atoms with Crippen molar-refractivity contribution in [2.75, 3.05) is 0 Å². The number of fused-ring (bicyclic) bond motifs is 4. The van der Waals surface area contributed by atoms with Crippen LogP contribution in [0.2, 0.25) is 12.1 Å². The summed E-state index contributed by atoms with van der Waals surface area (Å²) in [5, 5.41) is 0. The molecule has 0 aromatic heterocycles. The molecule has 0 saturated heterocycles. The van der Waals surface area contributed by atoms with Gasteiger partial charge in [-0.1, -0.05) is 138 Å². The Balaban J connectivity index is 0.00000136. The van der Waals surface area contributed by atoms with Gasteiger partial charge in [0.2, 0.25) is 0 Å². The van der Waals surface area contributed by atoms with E-state index in [2.05, 4.69) is 128 Å². The van der Waals surface area contributed by atoms with Crippen LogP contribution < -0.4 is 0 Å². The molecule has 2 atom stereocenters. The van der Waals surface area contributed by atoms with Gasteiger partial charge in [0.05, 0.1) is 0 Å². The van der Waals surface area contributed by atoms with E-state index in [1.165, 1.54) is 95.1 Å². The van der Waals surface area contributed by atoms with Crippen LogP contribution in [0.3, 0.4) is 0 Å². The first-order chi connectivity index (χ1) is 24.8. The first kappa shape index (κ1) is 38.3. The quantitative estimate of drug-likeness (QED) is 0.170. The number of aryl methyl sites for hydroxylation is 2. The number of hydrogen-bond acceptors (Lipinski definition) is 0. The van der Waals surface area contributed by atoms with Crippen LogP contribution in [0.4, 0.5) is 0 Å². The molecule has 0 fully saturated rings. The fraction of sp³-hybridized carbons (Fsp3) is 0.417. The second-order valence-electron chi connectivity index (χ2n) is 17.8. The number of benzene rings is 4. The van der Waals surface area contributed by atoms with Crippen molar-refractivity contribution in [1.82, 2.24) is 0 Å². The van der Waals surface area contributed by atoms with Crippen LogP contribution in [0.5, 0.6) is 0 Å². The Hall–Kier alpha value is -1.96. The van der Waals surface area contributed by atoms with Crippen LogP contribution in [0.1, 0.15) is 136 Å². The second kappa shape index (κ2) is 15.3. The summed E-state index contributed by atoms with van der Waals surface area (Å²) in [5.74, 6) is 1.10. The van der Waals surface area contributed by atoms with E-state index in [4.69, 9.17) is 17.0 Å². The third-order valence-electron chi connectivity index (χ3n) is 12.3. The van der Waals surface area contributed by atoms with E-state index >= 15 is 0 Å². The molecule has 8 rings (SSSR count). The fourth-order valence-corrected chi connectivity index (χ4v) is 11.3. The minimum atomic E-state index is -0.826. The maximum atomic E-state index is 4.93. The van der Waals surface area contributed by atoms with Crippen molar-refractivity contribution in [2.24, 2.45) is 0 Å². The van der Waals surface area contributed by atoms with E-state index in [1.54, 1.807) is 44.5 Å². The Bertz CT molecular complexity index is 1890. The summed E-state index contributed by atoms with van der Waals surface area (Å²) in [5.41, 5.74) is 25.0. The van der Waals surface area contributed by atoms with Gasteiger partial charge in [0.15, 0.2) is 0 Å². The first-order valence-electron chi connectivity index (χ1n) is 19.4. The second-order valence-corrected chi connectivity index (χ2v) is 22.8. The van der Waals surface area contributed by atoms with Gasteiger partial charge in [-0.3, -0.25) is 0 Å². The summed E-state index contributed by atoms with van der Waals surface area (Å²) < 4.78 is 0. The summed E-state index contributed by atoms with van der Waals surface area (Å²) in [6.07, 6.45) is 12.6. The van der Waals surface area contributed by atoms with Gasteiger partial charge in [0.25, 0.3) is 0 Å². The zero-order chi connectivity index (χ0) is 36.9. The molecule has 268 valence electrons. The van der Waals surface area contributed by atoms with E-state index in [1.807, 2.05) is 0 Å². The molecule has 0 saturated carbocycles. The molecule has 4 aliphatic rings. The van der Waals surface area contributed by atoms with Gasteiger partial charge in [-0.25, -0.2) is 0 Å². The number of rotatable bonds is 6. The molecule has 0 N–H and O–H groups in total. The van der Waals surface area contributed by atoms with Gasteiger partial charge in [-0.15, -0.1) is 0 Å². The van der Waals surface area contributed by atoms with Crippen LogP contribution in [0.25, 0.3) is 34.4 Å². The molecule has 0 amide bonds. The molecule has 4 aromatic carbocycles. The Morgan fingerprint density at radius 2 is 0.962 bits per heavy atom. The number of allylic oxidation sites excluding steroid dienone is 2. The summed E-state index contributed by atoms with van der Waals surface area (Å²) in [6, 6.07) is 26.9. The Labute approximate surface area is 335 Å². The van der Waals surface area contributed by atoms with Crippen LogP contribution in [-0.4, -0.2) is 9.52 Å². The standard InChI is InChI=1S/C48H54Si.2ClH.Zr/c1-29-23-41-39(25-33-11-9-13-37(33)45(41)31-15-19-35(20-16-31)47(3,4)5)43(29)27-49-28-44-30(2)24-42-40(44)26-34-12-10-14-38(34)46(42)32-17-21-36(22-18-32)48(6,7)8;;;/h15-26,43-44H,9-14,27-28H2,1-8H3;2*1H;/q;;;+2/p-2. The molecule has 0 spiro atoms. The Morgan fingerprint density at radius 3 is 1.31 bits per heavy atom. The third kappa shape index (κ3) is 7.38. The van der Waals surface area contributed by atoms with Crippen molar-refractivity contribution >= 4 is 38.7 Å². The Morgan fingerprint density at radius 1 is 0.596 bits per heavy atom. The third-order valence-corrected chi connectivity index (χ3v) is 13.7. The van der Waals surface area contributed by atoms with E-state index in [0.29, 0.717) is 11.8 Å². The van der Waals surface area contributed by atoms with E-state index in [0.717, 1.165) is 9.52 Å². The molecule has 4 heteroatoms. The molecule has 4 aliphatic carbocycles. The molecule has 0 nitrogen and oxygen atoms in total. The van der Waals surface area contributed by atoms with Crippen molar-refractivity contribution in [3.05, 3.63) is 127 Å². The molecule has 2 unspecified atom stereocenters. The van der Waals surface area contributed by atoms with E-state index in [-0.39, 0.29) is 10.8 Å². The summed E-state index contributed by atoms with van der Waals surface area (Å²) in [4.78, 5) is 0. The molecular formula is C48H54Cl2SiZr. The van der Waals surface area contributed by atoms with Crippen molar-refractivity contribution in [3.63, 3.8) is 0 Å². The molecular weight excluding hydrogens is 767 g/mol. The van der Waals surface area contributed by atoms with Gasteiger partial charge in [-0.05, 0) is 141 Å². The normalized spacial score (nSPS) is 18.6. The Kier molecular flexibility index (Phi) is 11.3. The van der Waals surface area contributed by atoms with Gasteiger partial charge in [-0.2, -0.15) is 0 Å². The molecule has 0 heterocycles. The SMILES string of the molecule is CC1=Cc2c(cc3c(c2-c2ccc(C(C)(C)C)cc2)CCC3)C1C[Si]CC1C(C)=Cc2c1cc1c(c2-c2ccc(C(C)(C)C)cc2)CCC1.[Cl][Zr][Cl]. The van der Waals surface area contributed by atoms with Crippen LogP contribution in [0, 0.1) is 0 Å². The van der Waals surface area contributed by atoms with Crippen molar-refractivity contribution in [3.8, 4) is 22.3 Å².